The number of rotatable bonds is 2. The van der Waals surface area contributed by atoms with Crippen LogP contribution in [0.2, 0.25) is 0 Å². The molecule has 2 N–H and O–H groups in total. The first-order valence-corrected chi connectivity index (χ1v) is 6.68. The molecule has 19 heavy (non-hydrogen) atoms. The second-order valence-corrected chi connectivity index (χ2v) is 4.79. The number of hydrogen-bond acceptors (Lipinski definition) is 3. The monoisotopic (exact) mass is 271 g/mol. The average Bonchev–Trinajstić information content (AvgIpc) is 2.89. The maximum absolute atomic E-state index is 11.9. The first-order valence-electron chi connectivity index (χ1n) is 5.74. The molecule has 0 aliphatic carbocycles. The number of nitrogens with one attached hydrogen (secondary N) is 1. The predicted molar refractivity (Wildman–Crippen MR) is 77.4 cm³/mol. The normalized spacial score (nSPS) is 9.58. The van der Waals surface area contributed by atoms with Crippen LogP contribution in [0, 0.1) is 18.8 Å². The Balaban J connectivity index is 2.20. The number of hydrogen-bond donors (Lipinski definition) is 2. The number of aliphatic hydroxyl groups excluding tert-OH is 1. The minimum Gasteiger partial charge on any atom is -0.384 e. The predicted octanol–water partition coefficient (Wildman–Crippen LogP) is 2.65. The zero-order valence-electron chi connectivity index (χ0n) is 10.4. The van der Waals surface area contributed by atoms with E-state index in [1.165, 1.54) is 11.3 Å². The fourth-order valence-corrected chi connectivity index (χ4v) is 2.30. The molecule has 1 aromatic carbocycles. The second kappa shape index (κ2) is 6.19. The molecule has 2 rings (SSSR count). The van der Waals surface area contributed by atoms with Crippen molar-refractivity contribution in [2.24, 2.45) is 0 Å². The van der Waals surface area contributed by atoms with Crippen LogP contribution >= 0.6 is 11.3 Å². The van der Waals surface area contributed by atoms with E-state index in [9.17, 15) is 4.79 Å². The molecule has 1 heterocycles. The minimum absolute atomic E-state index is 0.132. The maximum atomic E-state index is 11.9. The highest BCUT2D eigenvalue weighted by Gasteiger charge is 2.06. The third kappa shape index (κ3) is 3.68. The Morgan fingerprint density at radius 1 is 1.42 bits per heavy atom. The molecule has 1 amide bonds. The summed E-state index contributed by atoms with van der Waals surface area (Å²) in [6.45, 7) is 1.76. The number of thiophene rings is 1. The smallest absolute Gasteiger partial charge is 0.256 e. The Hall–Kier alpha value is -2.09. The van der Waals surface area contributed by atoms with E-state index in [1.54, 1.807) is 17.5 Å². The van der Waals surface area contributed by atoms with Gasteiger partial charge in [0.2, 0.25) is 0 Å². The van der Waals surface area contributed by atoms with E-state index in [-0.39, 0.29) is 12.5 Å². The van der Waals surface area contributed by atoms with Crippen LogP contribution in [0.4, 0.5) is 5.69 Å². The molecule has 0 unspecified atom stereocenters. The fourth-order valence-electron chi connectivity index (χ4n) is 1.67. The van der Waals surface area contributed by atoms with Gasteiger partial charge >= 0.3 is 0 Å². The zero-order chi connectivity index (χ0) is 13.7. The van der Waals surface area contributed by atoms with E-state index in [2.05, 4.69) is 17.2 Å². The van der Waals surface area contributed by atoms with E-state index in [0.717, 1.165) is 11.1 Å². The standard InChI is InChI=1S/C15H13NO2S/c1-11-7-12(3-2-5-17)9-14(8-11)16-15(18)13-4-6-19-10-13/h4,6-10,17H,5H2,1H3,(H,16,18). The molecule has 0 fully saturated rings. The molecule has 0 aliphatic rings. The van der Waals surface area contributed by atoms with Crippen molar-refractivity contribution < 1.29 is 9.90 Å². The number of carbonyl (C=O) groups excluding carboxylic acids is 1. The summed E-state index contributed by atoms with van der Waals surface area (Å²) in [5.74, 6) is 5.30. The van der Waals surface area contributed by atoms with Gasteiger partial charge in [-0.1, -0.05) is 11.8 Å². The van der Waals surface area contributed by atoms with Crippen LogP contribution in [0.15, 0.2) is 35.0 Å². The molecule has 0 saturated carbocycles. The Bertz CT molecular complexity index is 636. The summed E-state index contributed by atoms with van der Waals surface area (Å²) in [6, 6.07) is 7.36. The Labute approximate surface area is 115 Å². The molecule has 3 nitrogen and oxygen atoms in total. The van der Waals surface area contributed by atoms with Gasteiger partial charge in [-0.25, -0.2) is 0 Å². The first-order chi connectivity index (χ1) is 9.19. The van der Waals surface area contributed by atoms with Crippen molar-refractivity contribution in [2.45, 2.75) is 6.92 Å². The number of aryl methyl sites for hydroxylation is 1. The summed E-state index contributed by atoms with van der Waals surface area (Å²) in [5.41, 5.74) is 3.13. The minimum atomic E-state index is -0.176. The van der Waals surface area contributed by atoms with E-state index < -0.39 is 0 Å². The number of amides is 1. The number of carbonyl (C=O) groups is 1. The van der Waals surface area contributed by atoms with Crippen LogP contribution in [0.5, 0.6) is 0 Å². The zero-order valence-corrected chi connectivity index (χ0v) is 11.3. The van der Waals surface area contributed by atoms with Gasteiger partial charge < -0.3 is 10.4 Å². The van der Waals surface area contributed by atoms with Crippen molar-refractivity contribution in [3.8, 4) is 11.8 Å². The summed E-state index contributed by atoms with van der Waals surface area (Å²) >= 11 is 1.48. The highest BCUT2D eigenvalue weighted by molar-refractivity contribution is 7.08. The summed E-state index contributed by atoms with van der Waals surface area (Å²) in [4.78, 5) is 11.9. The molecule has 0 radical (unpaired) electrons. The lowest BCUT2D eigenvalue weighted by molar-refractivity contribution is 0.102. The summed E-state index contributed by atoms with van der Waals surface area (Å²) in [5, 5.41) is 15.2. The maximum Gasteiger partial charge on any atom is 0.256 e. The van der Waals surface area contributed by atoms with Gasteiger partial charge in [-0.2, -0.15) is 11.3 Å². The van der Waals surface area contributed by atoms with Gasteiger partial charge in [0.05, 0.1) is 5.56 Å². The van der Waals surface area contributed by atoms with Crippen LogP contribution in [0.3, 0.4) is 0 Å². The van der Waals surface area contributed by atoms with Crippen molar-refractivity contribution in [1.82, 2.24) is 0 Å². The molecule has 4 heteroatoms. The average molecular weight is 271 g/mol. The molecule has 2 aromatic rings. The van der Waals surface area contributed by atoms with Gasteiger partial charge in [0, 0.05) is 16.6 Å². The molecule has 96 valence electrons. The third-order valence-corrected chi connectivity index (χ3v) is 3.11. The highest BCUT2D eigenvalue weighted by Crippen LogP contribution is 2.16. The number of anilines is 1. The quantitative estimate of drug-likeness (QED) is 0.825. The van der Waals surface area contributed by atoms with Gasteiger partial charge in [0.1, 0.15) is 6.61 Å². The van der Waals surface area contributed by atoms with Crippen LogP contribution in [-0.2, 0) is 0 Å². The molecule has 1 aromatic heterocycles. The molecule has 0 bridgehead atoms. The van der Waals surface area contributed by atoms with Crippen LogP contribution < -0.4 is 5.32 Å². The number of benzene rings is 1. The van der Waals surface area contributed by atoms with Crippen molar-refractivity contribution in [2.75, 3.05) is 11.9 Å². The fraction of sp³-hybridized carbons (Fsp3) is 0.133. The molecule has 0 aliphatic heterocycles. The van der Waals surface area contributed by atoms with Gasteiger partial charge in [-0.15, -0.1) is 0 Å². The Morgan fingerprint density at radius 2 is 2.26 bits per heavy atom. The topological polar surface area (TPSA) is 49.3 Å². The van der Waals surface area contributed by atoms with Crippen LogP contribution in [0.25, 0.3) is 0 Å². The largest absolute Gasteiger partial charge is 0.384 e. The Kier molecular flexibility index (Phi) is 4.35. The summed E-state index contributed by atoms with van der Waals surface area (Å²) < 4.78 is 0. The third-order valence-electron chi connectivity index (χ3n) is 2.43. The van der Waals surface area contributed by atoms with Crippen molar-refractivity contribution in [3.63, 3.8) is 0 Å². The van der Waals surface area contributed by atoms with Gasteiger partial charge in [-0.05, 0) is 42.1 Å². The molecule has 0 spiro atoms. The van der Waals surface area contributed by atoms with Crippen molar-refractivity contribution in [1.29, 1.82) is 0 Å². The molecule has 0 atom stereocenters. The van der Waals surface area contributed by atoms with E-state index in [4.69, 9.17) is 5.11 Å². The molecule has 0 saturated heterocycles. The van der Waals surface area contributed by atoms with Crippen molar-refractivity contribution >= 4 is 22.9 Å². The first kappa shape index (κ1) is 13.3. The molecular formula is C15H13NO2S. The summed E-state index contributed by atoms with van der Waals surface area (Å²) in [6.07, 6.45) is 0. The lowest BCUT2D eigenvalue weighted by Gasteiger charge is -2.06. The van der Waals surface area contributed by atoms with E-state index in [0.29, 0.717) is 11.3 Å². The van der Waals surface area contributed by atoms with E-state index >= 15 is 0 Å². The van der Waals surface area contributed by atoms with Crippen LogP contribution in [-0.4, -0.2) is 17.6 Å². The lowest BCUT2D eigenvalue weighted by atomic mass is 10.1. The second-order valence-electron chi connectivity index (χ2n) is 4.01. The number of aliphatic hydroxyl groups is 1. The SMILES string of the molecule is Cc1cc(C#CCO)cc(NC(=O)c2ccsc2)c1. The Morgan fingerprint density at radius 3 is 2.95 bits per heavy atom. The lowest BCUT2D eigenvalue weighted by Crippen LogP contribution is -2.11. The molecular weight excluding hydrogens is 258 g/mol. The highest BCUT2D eigenvalue weighted by atomic mass is 32.1. The van der Waals surface area contributed by atoms with Gasteiger partial charge in [0.25, 0.3) is 5.91 Å². The van der Waals surface area contributed by atoms with E-state index in [1.807, 2.05) is 24.4 Å². The van der Waals surface area contributed by atoms with Gasteiger partial charge in [-0.3, -0.25) is 4.79 Å². The van der Waals surface area contributed by atoms with Gasteiger partial charge in [0.15, 0.2) is 0 Å². The van der Waals surface area contributed by atoms with Crippen molar-refractivity contribution in [3.05, 3.63) is 51.7 Å². The summed E-state index contributed by atoms with van der Waals surface area (Å²) in [7, 11) is 0. The van der Waals surface area contributed by atoms with Crippen LogP contribution in [0.1, 0.15) is 21.5 Å².